The average molecular weight is 269 g/mol. The maximum atomic E-state index is 10.9. The van der Waals surface area contributed by atoms with E-state index in [-0.39, 0.29) is 12.4 Å². The van der Waals surface area contributed by atoms with Crippen molar-refractivity contribution in [3.63, 3.8) is 0 Å². The van der Waals surface area contributed by atoms with E-state index in [1.807, 2.05) is 30.3 Å². The fraction of sp³-hybridized carbons (Fsp3) is 0.0667. The number of hydrogen-bond donors (Lipinski definition) is 1. The standard InChI is InChI=1S/C15H11NO4/c17-15(18)14-10(6-8-19-14)9-20-13-5-1-4-12-11(13)3-2-7-16-12/h1-8H,9H2,(H,17,18). The molecule has 0 atom stereocenters. The molecule has 3 aromatic rings. The lowest BCUT2D eigenvalue weighted by atomic mass is 10.2. The third-order valence-corrected chi connectivity index (χ3v) is 2.93. The average Bonchev–Trinajstić information content (AvgIpc) is 2.93. The van der Waals surface area contributed by atoms with Gasteiger partial charge in [0.15, 0.2) is 0 Å². The number of aromatic nitrogens is 1. The van der Waals surface area contributed by atoms with Gasteiger partial charge in [-0.3, -0.25) is 4.98 Å². The van der Waals surface area contributed by atoms with Crippen molar-refractivity contribution >= 4 is 16.9 Å². The summed E-state index contributed by atoms with van der Waals surface area (Å²) >= 11 is 0. The van der Waals surface area contributed by atoms with Crippen molar-refractivity contribution < 1.29 is 19.1 Å². The van der Waals surface area contributed by atoms with Gasteiger partial charge in [-0.1, -0.05) is 6.07 Å². The largest absolute Gasteiger partial charge is 0.488 e. The van der Waals surface area contributed by atoms with Crippen LogP contribution in [-0.2, 0) is 6.61 Å². The van der Waals surface area contributed by atoms with Crippen molar-refractivity contribution in [2.24, 2.45) is 0 Å². The highest BCUT2D eigenvalue weighted by atomic mass is 16.5. The zero-order chi connectivity index (χ0) is 13.9. The lowest BCUT2D eigenvalue weighted by Crippen LogP contribution is -2.02. The Labute approximate surface area is 114 Å². The predicted octanol–water partition coefficient (Wildman–Crippen LogP) is 3.11. The van der Waals surface area contributed by atoms with Gasteiger partial charge in [-0.05, 0) is 30.3 Å². The zero-order valence-electron chi connectivity index (χ0n) is 10.4. The topological polar surface area (TPSA) is 72.6 Å². The third kappa shape index (κ3) is 2.21. The van der Waals surface area contributed by atoms with Crippen molar-refractivity contribution in [3.8, 4) is 5.75 Å². The molecule has 0 fully saturated rings. The van der Waals surface area contributed by atoms with Crippen LogP contribution in [0.1, 0.15) is 16.1 Å². The third-order valence-electron chi connectivity index (χ3n) is 2.93. The maximum absolute atomic E-state index is 10.9. The number of hydrogen-bond acceptors (Lipinski definition) is 4. The Hall–Kier alpha value is -2.82. The summed E-state index contributed by atoms with van der Waals surface area (Å²) in [6, 6.07) is 10.9. The molecule has 0 aliphatic heterocycles. The summed E-state index contributed by atoms with van der Waals surface area (Å²) < 4.78 is 10.6. The molecular weight excluding hydrogens is 258 g/mol. The number of ether oxygens (including phenoxy) is 1. The van der Waals surface area contributed by atoms with E-state index >= 15 is 0 Å². The molecule has 0 unspecified atom stereocenters. The van der Waals surface area contributed by atoms with Crippen LogP contribution in [0.25, 0.3) is 10.9 Å². The molecule has 1 aromatic carbocycles. The van der Waals surface area contributed by atoms with Crippen LogP contribution >= 0.6 is 0 Å². The Bertz CT molecular complexity index is 758. The highest BCUT2D eigenvalue weighted by molar-refractivity contribution is 5.86. The SMILES string of the molecule is O=C(O)c1occc1COc1cccc2ncccc12. The number of nitrogens with zero attached hydrogens (tertiary/aromatic N) is 1. The smallest absolute Gasteiger partial charge is 0.372 e. The molecule has 0 spiro atoms. The summed E-state index contributed by atoms with van der Waals surface area (Å²) in [6.45, 7) is 0.131. The van der Waals surface area contributed by atoms with Crippen LogP contribution < -0.4 is 4.74 Å². The van der Waals surface area contributed by atoms with E-state index in [0.29, 0.717) is 11.3 Å². The quantitative estimate of drug-likeness (QED) is 0.787. The number of furan rings is 1. The normalized spacial score (nSPS) is 10.6. The first kappa shape index (κ1) is 12.2. The fourth-order valence-corrected chi connectivity index (χ4v) is 1.99. The molecule has 0 aliphatic carbocycles. The first-order chi connectivity index (χ1) is 9.75. The molecular formula is C15H11NO4. The summed E-state index contributed by atoms with van der Waals surface area (Å²) in [7, 11) is 0. The van der Waals surface area contributed by atoms with E-state index in [0.717, 1.165) is 10.9 Å². The van der Waals surface area contributed by atoms with Gasteiger partial charge in [-0.15, -0.1) is 0 Å². The summed E-state index contributed by atoms with van der Waals surface area (Å²) in [6.07, 6.45) is 3.05. The minimum absolute atomic E-state index is 0.0941. The Morgan fingerprint density at radius 1 is 1.25 bits per heavy atom. The monoisotopic (exact) mass is 269 g/mol. The lowest BCUT2D eigenvalue weighted by Gasteiger charge is -2.08. The molecule has 2 heterocycles. The number of fused-ring (bicyclic) bond motifs is 1. The van der Waals surface area contributed by atoms with Gasteiger partial charge in [-0.25, -0.2) is 4.79 Å². The van der Waals surface area contributed by atoms with E-state index in [2.05, 4.69) is 4.98 Å². The Balaban J connectivity index is 1.87. The Morgan fingerprint density at radius 3 is 3.00 bits per heavy atom. The summed E-state index contributed by atoms with van der Waals surface area (Å²) in [4.78, 5) is 15.2. The number of carbonyl (C=O) groups is 1. The molecule has 0 amide bonds. The van der Waals surface area contributed by atoms with Gasteiger partial charge < -0.3 is 14.3 Å². The van der Waals surface area contributed by atoms with E-state index in [1.165, 1.54) is 6.26 Å². The van der Waals surface area contributed by atoms with Crippen LogP contribution in [0.15, 0.2) is 53.3 Å². The number of aromatic carboxylic acids is 1. The minimum atomic E-state index is -1.10. The Morgan fingerprint density at radius 2 is 2.15 bits per heavy atom. The highest BCUT2D eigenvalue weighted by Crippen LogP contribution is 2.25. The van der Waals surface area contributed by atoms with Crippen LogP contribution in [0.4, 0.5) is 0 Å². The van der Waals surface area contributed by atoms with Gasteiger partial charge in [0.1, 0.15) is 12.4 Å². The summed E-state index contributed by atoms with van der Waals surface area (Å²) in [5, 5.41) is 9.85. The van der Waals surface area contributed by atoms with Gasteiger partial charge in [0.2, 0.25) is 5.76 Å². The Kier molecular flexibility index (Phi) is 3.09. The molecule has 100 valence electrons. The first-order valence-corrected chi connectivity index (χ1v) is 6.02. The van der Waals surface area contributed by atoms with Crippen molar-refractivity contribution in [1.29, 1.82) is 0 Å². The van der Waals surface area contributed by atoms with Gasteiger partial charge in [0.05, 0.1) is 11.8 Å². The lowest BCUT2D eigenvalue weighted by molar-refractivity contribution is 0.0658. The zero-order valence-corrected chi connectivity index (χ0v) is 10.4. The molecule has 1 N–H and O–H groups in total. The van der Waals surface area contributed by atoms with Crippen molar-refractivity contribution in [1.82, 2.24) is 4.98 Å². The fourth-order valence-electron chi connectivity index (χ4n) is 1.99. The van der Waals surface area contributed by atoms with Crippen LogP contribution in [0.5, 0.6) is 5.75 Å². The molecule has 5 nitrogen and oxygen atoms in total. The second-order valence-corrected chi connectivity index (χ2v) is 4.20. The van der Waals surface area contributed by atoms with E-state index in [1.54, 1.807) is 12.3 Å². The molecule has 0 radical (unpaired) electrons. The van der Waals surface area contributed by atoms with Crippen molar-refractivity contribution in [3.05, 3.63) is 60.2 Å². The summed E-state index contributed by atoms with van der Waals surface area (Å²) in [5.74, 6) is -0.537. The number of carboxylic acid groups (broad SMARTS) is 1. The molecule has 0 saturated heterocycles. The molecule has 0 saturated carbocycles. The number of rotatable bonds is 4. The minimum Gasteiger partial charge on any atom is -0.488 e. The maximum Gasteiger partial charge on any atom is 0.372 e. The second kappa shape index (κ2) is 5.05. The van der Waals surface area contributed by atoms with Crippen LogP contribution in [0, 0.1) is 0 Å². The van der Waals surface area contributed by atoms with E-state index in [9.17, 15) is 4.79 Å². The predicted molar refractivity (Wildman–Crippen MR) is 71.7 cm³/mol. The van der Waals surface area contributed by atoms with Gasteiger partial charge in [0, 0.05) is 17.1 Å². The van der Waals surface area contributed by atoms with Gasteiger partial charge >= 0.3 is 5.97 Å². The molecule has 0 bridgehead atoms. The van der Waals surface area contributed by atoms with Crippen molar-refractivity contribution in [2.45, 2.75) is 6.61 Å². The van der Waals surface area contributed by atoms with Gasteiger partial charge in [0.25, 0.3) is 0 Å². The molecule has 2 aromatic heterocycles. The molecule has 5 heteroatoms. The number of carboxylic acids is 1. The van der Waals surface area contributed by atoms with E-state index < -0.39 is 5.97 Å². The highest BCUT2D eigenvalue weighted by Gasteiger charge is 2.14. The van der Waals surface area contributed by atoms with Crippen LogP contribution in [-0.4, -0.2) is 16.1 Å². The number of pyridine rings is 1. The van der Waals surface area contributed by atoms with Gasteiger partial charge in [-0.2, -0.15) is 0 Å². The second-order valence-electron chi connectivity index (χ2n) is 4.20. The molecule has 0 aliphatic rings. The molecule has 20 heavy (non-hydrogen) atoms. The van der Waals surface area contributed by atoms with Crippen molar-refractivity contribution in [2.75, 3.05) is 0 Å². The first-order valence-electron chi connectivity index (χ1n) is 6.02. The van der Waals surface area contributed by atoms with Crippen LogP contribution in [0.2, 0.25) is 0 Å². The van der Waals surface area contributed by atoms with E-state index in [4.69, 9.17) is 14.3 Å². The van der Waals surface area contributed by atoms with Crippen LogP contribution in [0.3, 0.4) is 0 Å². The molecule has 3 rings (SSSR count). The number of benzene rings is 1. The summed E-state index contributed by atoms with van der Waals surface area (Å²) in [5.41, 5.74) is 1.33.